The Kier molecular flexibility index (Phi) is 7.08. The number of carbonyl (C=O) groups is 2. The lowest BCUT2D eigenvalue weighted by atomic mass is 10.1. The van der Waals surface area contributed by atoms with Crippen LogP contribution in [0.4, 0.5) is 0 Å². The van der Waals surface area contributed by atoms with Gasteiger partial charge in [-0.3, -0.25) is 9.59 Å². The summed E-state index contributed by atoms with van der Waals surface area (Å²) in [6.07, 6.45) is 1.30. The van der Waals surface area contributed by atoms with Crippen molar-refractivity contribution >= 4 is 24.2 Å². The Morgan fingerprint density at radius 3 is 2.56 bits per heavy atom. The fraction of sp³-hybridized carbons (Fsp3) is 0.556. The van der Waals surface area contributed by atoms with Gasteiger partial charge in [0, 0.05) is 32.7 Å². The van der Waals surface area contributed by atoms with Crippen LogP contribution in [-0.2, 0) is 16.0 Å². The van der Waals surface area contributed by atoms with E-state index in [9.17, 15) is 9.59 Å². The highest BCUT2D eigenvalue weighted by Crippen LogP contribution is 2.16. The number of carbonyl (C=O) groups excluding carboxylic acids is 2. The molecule has 1 aromatic rings. The smallest absolute Gasteiger partial charge is 0.227 e. The molecule has 0 spiro atoms. The molecule has 2 fully saturated rings. The van der Waals surface area contributed by atoms with Crippen LogP contribution < -0.4 is 10.1 Å². The first-order valence-electron chi connectivity index (χ1n) is 8.57. The zero-order valence-corrected chi connectivity index (χ0v) is 15.4. The molecule has 1 N–H and O–H groups in total. The quantitative estimate of drug-likeness (QED) is 0.860. The normalized spacial score (nSPS) is 20.1. The van der Waals surface area contributed by atoms with Crippen molar-refractivity contribution in [1.82, 2.24) is 15.1 Å². The van der Waals surface area contributed by atoms with Crippen LogP contribution in [0.1, 0.15) is 12.0 Å². The van der Waals surface area contributed by atoms with Gasteiger partial charge in [0.25, 0.3) is 0 Å². The van der Waals surface area contributed by atoms with Gasteiger partial charge in [0.05, 0.1) is 19.4 Å². The van der Waals surface area contributed by atoms with E-state index in [-0.39, 0.29) is 30.1 Å². The Hall–Kier alpha value is -1.79. The van der Waals surface area contributed by atoms with Crippen LogP contribution in [0, 0.1) is 5.92 Å². The van der Waals surface area contributed by atoms with Crippen molar-refractivity contribution in [3.8, 4) is 5.75 Å². The minimum Gasteiger partial charge on any atom is -0.497 e. The number of nitrogens with zero attached hydrogens (tertiary/aromatic N) is 2. The molecular formula is C18H26ClN3O3. The van der Waals surface area contributed by atoms with Gasteiger partial charge in [0.1, 0.15) is 5.75 Å². The minimum absolute atomic E-state index is 0. The van der Waals surface area contributed by atoms with E-state index in [1.807, 2.05) is 34.1 Å². The summed E-state index contributed by atoms with van der Waals surface area (Å²) in [6.45, 7) is 4.23. The number of ether oxygens (including phenoxy) is 1. The fourth-order valence-electron chi connectivity index (χ4n) is 3.37. The van der Waals surface area contributed by atoms with Crippen molar-refractivity contribution in [2.24, 2.45) is 5.92 Å². The number of benzene rings is 1. The lowest BCUT2D eigenvalue weighted by Crippen LogP contribution is -2.52. The maximum atomic E-state index is 12.5. The standard InChI is InChI=1S/C18H25N3O3.ClH/c1-24-16-4-2-3-14(11-16)12-17(22)20-7-9-21(10-8-20)18(23)15-5-6-19-13-15;/h2-4,11,15,19H,5-10,12-13H2,1H3;1H. The van der Waals surface area contributed by atoms with Gasteiger partial charge in [0.15, 0.2) is 0 Å². The van der Waals surface area contributed by atoms with Crippen molar-refractivity contribution in [1.29, 1.82) is 0 Å². The second kappa shape index (κ2) is 9.06. The van der Waals surface area contributed by atoms with Crippen LogP contribution in [0.25, 0.3) is 0 Å². The van der Waals surface area contributed by atoms with Crippen LogP contribution in [0.15, 0.2) is 24.3 Å². The van der Waals surface area contributed by atoms with Gasteiger partial charge >= 0.3 is 0 Å². The number of piperazine rings is 1. The SMILES string of the molecule is COc1cccc(CC(=O)N2CCN(C(=O)C3CCNC3)CC2)c1.Cl. The average Bonchev–Trinajstić information content (AvgIpc) is 3.16. The molecule has 2 saturated heterocycles. The number of methoxy groups -OCH3 is 1. The zero-order valence-electron chi connectivity index (χ0n) is 14.6. The molecule has 2 heterocycles. The molecular weight excluding hydrogens is 342 g/mol. The molecule has 6 nitrogen and oxygen atoms in total. The highest BCUT2D eigenvalue weighted by atomic mass is 35.5. The van der Waals surface area contributed by atoms with E-state index < -0.39 is 0 Å². The lowest BCUT2D eigenvalue weighted by molar-refractivity contribution is -0.141. The van der Waals surface area contributed by atoms with E-state index >= 15 is 0 Å². The summed E-state index contributed by atoms with van der Waals surface area (Å²) in [4.78, 5) is 28.6. The molecule has 7 heteroatoms. The molecule has 1 atom stereocenters. The second-order valence-electron chi connectivity index (χ2n) is 6.42. The zero-order chi connectivity index (χ0) is 16.9. The monoisotopic (exact) mass is 367 g/mol. The second-order valence-corrected chi connectivity index (χ2v) is 6.42. The molecule has 2 aliphatic rings. The number of amides is 2. The van der Waals surface area contributed by atoms with Crippen molar-refractivity contribution in [3.63, 3.8) is 0 Å². The van der Waals surface area contributed by atoms with Crippen LogP contribution in [0.5, 0.6) is 5.75 Å². The number of halogens is 1. The molecule has 2 aliphatic heterocycles. The Labute approximate surface area is 154 Å². The van der Waals surface area contributed by atoms with E-state index in [0.29, 0.717) is 32.6 Å². The van der Waals surface area contributed by atoms with Crippen LogP contribution in [0.2, 0.25) is 0 Å². The largest absolute Gasteiger partial charge is 0.497 e. The van der Waals surface area contributed by atoms with Gasteiger partial charge < -0.3 is 19.9 Å². The maximum absolute atomic E-state index is 12.5. The van der Waals surface area contributed by atoms with Crippen molar-refractivity contribution < 1.29 is 14.3 Å². The van der Waals surface area contributed by atoms with Crippen LogP contribution in [-0.4, -0.2) is 68.0 Å². The summed E-state index contributed by atoms with van der Waals surface area (Å²) in [7, 11) is 1.62. The minimum atomic E-state index is 0. The number of hydrogen-bond donors (Lipinski definition) is 1. The van der Waals surface area contributed by atoms with Gasteiger partial charge in [0.2, 0.25) is 11.8 Å². The fourth-order valence-corrected chi connectivity index (χ4v) is 3.37. The van der Waals surface area contributed by atoms with Crippen LogP contribution in [0.3, 0.4) is 0 Å². The molecule has 0 aromatic heterocycles. The molecule has 25 heavy (non-hydrogen) atoms. The summed E-state index contributed by atoms with van der Waals surface area (Å²) in [5.41, 5.74) is 0.954. The topological polar surface area (TPSA) is 61.9 Å². The first-order chi connectivity index (χ1) is 11.7. The Balaban J connectivity index is 0.00000225. The van der Waals surface area contributed by atoms with E-state index in [1.165, 1.54) is 0 Å². The van der Waals surface area contributed by atoms with Crippen molar-refractivity contribution in [2.45, 2.75) is 12.8 Å². The van der Waals surface area contributed by atoms with E-state index in [2.05, 4.69) is 5.32 Å². The van der Waals surface area contributed by atoms with Gasteiger partial charge in [-0.25, -0.2) is 0 Å². The number of nitrogens with one attached hydrogen (secondary N) is 1. The molecule has 0 bridgehead atoms. The van der Waals surface area contributed by atoms with E-state index in [1.54, 1.807) is 7.11 Å². The lowest BCUT2D eigenvalue weighted by Gasteiger charge is -2.36. The molecule has 0 saturated carbocycles. The molecule has 1 aromatic carbocycles. The Morgan fingerprint density at radius 2 is 1.92 bits per heavy atom. The highest BCUT2D eigenvalue weighted by molar-refractivity contribution is 5.85. The van der Waals surface area contributed by atoms with E-state index in [0.717, 1.165) is 30.8 Å². The van der Waals surface area contributed by atoms with Crippen molar-refractivity contribution in [2.75, 3.05) is 46.4 Å². The number of hydrogen-bond acceptors (Lipinski definition) is 4. The van der Waals surface area contributed by atoms with Gasteiger partial charge in [-0.2, -0.15) is 0 Å². The van der Waals surface area contributed by atoms with Gasteiger partial charge in [-0.05, 0) is 30.7 Å². The van der Waals surface area contributed by atoms with E-state index in [4.69, 9.17) is 4.74 Å². The average molecular weight is 368 g/mol. The number of rotatable bonds is 4. The third-order valence-corrected chi connectivity index (χ3v) is 4.84. The summed E-state index contributed by atoms with van der Waals surface area (Å²) >= 11 is 0. The summed E-state index contributed by atoms with van der Waals surface area (Å²) in [5, 5.41) is 3.23. The highest BCUT2D eigenvalue weighted by Gasteiger charge is 2.30. The van der Waals surface area contributed by atoms with Crippen LogP contribution >= 0.6 is 12.4 Å². The van der Waals surface area contributed by atoms with Gasteiger partial charge in [-0.15, -0.1) is 12.4 Å². The maximum Gasteiger partial charge on any atom is 0.227 e. The van der Waals surface area contributed by atoms with Crippen molar-refractivity contribution in [3.05, 3.63) is 29.8 Å². The molecule has 3 rings (SSSR count). The third kappa shape index (κ3) is 4.86. The first-order valence-corrected chi connectivity index (χ1v) is 8.57. The molecule has 138 valence electrons. The Bertz CT molecular complexity index is 597. The molecule has 0 aliphatic carbocycles. The summed E-state index contributed by atoms with van der Waals surface area (Å²) in [6, 6.07) is 7.60. The first kappa shape index (κ1) is 19.5. The Morgan fingerprint density at radius 1 is 1.20 bits per heavy atom. The molecule has 2 amide bonds. The third-order valence-electron chi connectivity index (χ3n) is 4.84. The molecule has 1 unspecified atom stereocenters. The predicted octanol–water partition coefficient (Wildman–Crippen LogP) is 0.940. The predicted molar refractivity (Wildman–Crippen MR) is 98.1 cm³/mol. The van der Waals surface area contributed by atoms with Gasteiger partial charge in [-0.1, -0.05) is 12.1 Å². The summed E-state index contributed by atoms with van der Waals surface area (Å²) < 4.78 is 5.20. The molecule has 0 radical (unpaired) electrons. The summed E-state index contributed by atoms with van der Waals surface area (Å²) in [5.74, 6) is 1.22.